The maximum atomic E-state index is 12.8. The third kappa shape index (κ3) is 4.16. The molecular weight excluding hydrogens is 406 g/mol. The average Bonchev–Trinajstić information content (AvgIpc) is 3.52. The molecule has 0 saturated heterocycles. The maximum absolute atomic E-state index is 12.8. The van der Waals surface area contributed by atoms with Gasteiger partial charge in [-0.25, -0.2) is 5.48 Å². The van der Waals surface area contributed by atoms with Crippen molar-refractivity contribution >= 4 is 22.7 Å². The zero-order chi connectivity index (χ0) is 22.9. The first-order chi connectivity index (χ1) is 15.3. The van der Waals surface area contributed by atoms with Crippen molar-refractivity contribution in [1.82, 2.24) is 15.4 Å². The normalized spacial score (nSPS) is 19.4. The molecule has 0 radical (unpaired) electrons. The molecule has 1 saturated carbocycles. The second-order valence-electron chi connectivity index (χ2n) is 8.64. The van der Waals surface area contributed by atoms with Gasteiger partial charge in [-0.3, -0.25) is 19.8 Å². The molecule has 1 fully saturated rings. The fourth-order valence-corrected chi connectivity index (χ4v) is 4.42. The van der Waals surface area contributed by atoms with Crippen LogP contribution in [-0.2, 0) is 22.6 Å². The number of benzene rings is 2. The van der Waals surface area contributed by atoms with Crippen LogP contribution in [-0.4, -0.2) is 41.0 Å². The van der Waals surface area contributed by atoms with E-state index in [0.29, 0.717) is 19.4 Å². The van der Waals surface area contributed by atoms with Crippen molar-refractivity contribution in [3.63, 3.8) is 0 Å². The molecule has 2 atom stereocenters. The highest BCUT2D eigenvalue weighted by Crippen LogP contribution is 2.56. The molecule has 2 amide bonds. The number of hydroxylamine groups is 1. The van der Waals surface area contributed by atoms with Crippen LogP contribution in [0.5, 0.6) is 5.75 Å². The number of carbonyl (C=O) groups excluding carboxylic acids is 2. The van der Waals surface area contributed by atoms with Gasteiger partial charge < -0.3 is 9.64 Å². The van der Waals surface area contributed by atoms with E-state index < -0.39 is 17.2 Å². The van der Waals surface area contributed by atoms with Crippen molar-refractivity contribution in [2.24, 2.45) is 11.3 Å². The van der Waals surface area contributed by atoms with Gasteiger partial charge in [0.25, 0.3) is 0 Å². The highest BCUT2D eigenvalue weighted by Gasteiger charge is 2.63. The Morgan fingerprint density at radius 2 is 1.91 bits per heavy atom. The summed E-state index contributed by atoms with van der Waals surface area (Å²) in [4.78, 5) is 30.8. The monoisotopic (exact) mass is 433 g/mol. The van der Waals surface area contributed by atoms with Crippen LogP contribution in [0.2, 0.25) is 0 Å². The highest BCUT2D eigenvalue weighted by molar-refractivity contribution is 5.95. The van der Waals surface area contributed by atoms with Gasteiger partial charge in [-0.15, -0.1) is 0 Å². The predicted octanol–water partition coefficient (Wildman–Crippen LogP) is 3.26. The second-order valence-corrected chi connectivity index (χ2v) is 8.64. The Labute approximate surface area is 187 Å². The molecule has 3 aromatic rings. The Kier molecular flexibility index (Phi) is 5.84. The van der Waals surface area contributed by atoms with Crippen molar-refractivity contribution in [2.45, 2.75) is 26.4 Å². The molecule has 2 unspecified atom stereocenters. The van der Waals surface area contributed by atoms with Crippen molar-refractivity contribution in [1.29, 1.82) is 0 Å². The van der Waals surface area contributed by atoms with Gasteiger partial charge in [0.2, 0.25) is 11.8 Å². The quantitative estimate of drug-likeness (QED) is 0.441. The standard InChI is InChI=1S/C25H27N3O4/c1-16-12-18(20-6-4-5-7-22(20)26-16)15-32-19-10-8-17(9-11-19)13-25(24(30)28(2)3)14-21(25)23(29)27-31/h4-12,21,31H,13-15H2,1-3H3,(H,27,29). The third-order valence-corrected chi connectivity index (χ3v) is 6.10. The lowest BCUT2D eigenvalue weighted by Crippen LogP contribution is -2.36. The molecule has 32 heavy (non-hydrogen) atoms. The fraction of sp³-hybridized carbons (Fsp3) is 0.320. The number of aryl methyl sites for hydroxylation is 1. The number of pyridine rings is 1. The molecule has 1 heterocycles. The number of carbonyl (C=O) groups is 2. The smallest absolute Gasteiger partial charge is 0.247 e. The van der Waals surface area contributed by atoms with Crippen molar-refractivity contribution in [3.8, 4) is 5.75 Å². The minimum Gasteiger partial charge on any atom is -0.489 e. The molecule has 4 rings (SSSR count). The minimum atomic E-state index is -0.813. The lowest BCUT2D eigenvalue weighted by molar-refractivity contribution is -0.139. The van der Waals surface area contributed by atoms with Crippen LogP contribution in [0.15, 0.2) is 54.6 Å². The number of aromatic nitrogens is 1. The molecule has 1 aliphatic rings. The number of fused-ring (bicyclic) bond motifs is 1. The van der Waals surface area contributed by atoms with Gasteiger partial charge in [-0.2, -0.15) is 0 Å². The largest absolute Gasteiger partial charge is 0.489 e. The van der Waals surface area contributed by atoms with E-state index in [1.807, 2.05) is 61.5 Å². The van der Waals surface area contributed by atoms with Gasteiger partial charge in [-0.1, -0.05) is 30.3 Å². The zero-order valence-electron chi connectivity index (χ0n) is 18.5. The van der Waals surface area contributed by atoms with Gasteiger partial charge >= 0.3 is 0 Å². The lowest BCUT2D eigenvalue weighted by atomic mass is 9.92. The average molecular weight is 434 g/mol. The first-order valence-electron chi connectivity index (χ1n) is 10.6. The molecule has 166 valence electrons. The number of hydrogen-bond acceptors (Lipinski definition) is 5. The Bertz CT molecular complexity index is 1160. The molecule has 2 N–H and O–H groups in total. The van der Waals surface area contributed by atoms with Gasteiger partial charge in [0, 0.05) is 30.7 Å². The minimum absolute atomic E-state index is 0.105. The second kappa shape index (κ2) is 8.59. The Morgan fingerprint density at radius 1 is 1.19 bits per heavy atom. The highest BCUT2D eigenvalue weighted by atomic mass is 16.5. The first kappa shape index (κ1) is 21.8. The van der Waals surface area contributed by atoms with Crippen molar-refractivity contribution in [2.75, 3.05) is 14.1 Å². The van der Waals surface area contributed by atoms with Crippen LogP contribution in [0.3, 0.4) is 0 Å². The zero-order valence-corrected chi connectivity index (χ0v) is 18.5. The number of hydrogen-bond donors (Lipinski definition) is 2. The van der Waals surface area contributed by atoms with Gasteiger partial charge in [0.05, 0.1) is 16.8 Å². The fourth-order valence-electron chi connectivity index (χ4n) is 4.42. The third-order valence-electron chi connectivity index (χ3n) is 6.10. The van der Waals surface area contributed by atoms with Crippen LogP contribution < -0.4 is 10.2 Å². The number of nitrogens with zero attached hydrogens (tertiary/aromatic N) is 2. The van der Waals surface area contributed by atoms with E-state index in [4.69, 9.17) is 9.94 Å². The van der Waals surface area contributed by atoms with E-state index >= 15 is 0 Å². The molecule has 7 heteroatoms. The topological polar surface area (TPSA) is 91.8 Å². The van der Waals surface area contributed by atoms with Crippen molar-refractivity contribution < 1.29 is 19.5 Å². The van der Waals surface area contributed by atoms with Crippen LogP contribution >= 0.6 is 0 Å². The van der Waals surface area contributed by atoms with E-state index in [0.717, 1.165) is 33.5 Å². The molecule has 1 aliphatic carbocycles. The summed E-state index contributed by atoms with van der Waals surface area (Å²) in [5, 5.41) is 10.1. The molecule has 0 spiro atoms. The number of rotatable bonds is 7. The summed E-state index contributed by atoms with van der Waals surface area (Å²) in [6, 6.07) is 17.6. The van der Waals surface area contributed by atoms with Gasteiger partial charge in [0.1, 0.15) is 12.4 Å². The van der Waals surface area contributed by atoms with E-state index in [2.05, 4.69) is 4.98 Å². The number of amides is 2. The summed E-state index contributed by atoms with van der Waals surface area (Å²) in [5.74, 6) is -0.423. The number of nitrogens with one attached hydrogen (secondary N) is 1. The van der Waals surface area contributed by atoms with E-state index in [-0.39, 0.29) is 5.91 Å². The summed E-state index contributed by atoms with van der Waals surface area (Å²) in [5.41, 5.74) is 4.77. The van der Waals surface area contributed by atoms with E-state index in [1.165, 1.54) is 4.90 Å². The molecule has 7 nitrogen and oxygen atoms in total. The number of ether oxygens (including phenoxy) is 1. The van der Waals surface area contributed by atoms with Crippen LogP contribution in [0.1, 0.15) is 23.2 Å². The van der Waals surface area contributed by atoms with Crippen molar-refractivity contribution in [3.05, 3.63) is 71.4 Å². The summed E-state index contributed by atoms with van der Waals surface area (Å²) >= 11 is 0. The molecular formula is C25H27N3O4. The van der Waals surface area contributed by atoms with Crippen LogP contribution in [0, 0.1) is 18.3 Å². The summed E-state index contributed by atoms with van der Waals surface area (Å²) < 4.78 is 6.02. The first-order valence-corrected chi connectivity index (χ1v) is 10.6. The van der Waals surface area contributed by atoms with Crippen LogP contribution in [0.25, 0.3) is 10.9 Å². The lowest BCUT2D eigenvalue weighted by Gasteiger charge is -2.21. The summed E-state index contributed by atoms with van der Waals surface area (Å²) in [6.07, 6.45) is 0.847. The van der Waals surface area contributed by atoms with E-state index in [1.54, 1.807) is 19.6 Å². The van der Waals surface area contributed by atoms with Gasteiger partial charge in [-0.05, 0) is 49.6 Å². The summed E-state index contributed by atoms with van der Waals surface area (Å²) in [7, 11) is 3.36. The molecule has 2 aromatic carbocycles. The summed E-state index contributed by atoms with van der Waals surface area (Å²) in [6.45, 7) is 2.39. The molecule has 0 aliphatic heterocycles. The predicted molar refractivity (Wildman–Crippen MR) is 120 cm³/mol. The Hall–Kier alpha value is -3.45. The molecule has 0 bridgehead atoms. The number of para-hydroxylation sites is 1. The van der Waals surface area contributed by atoms with Gasteiger partial charge in [0.15, 0.2) is 0 Å². The van der Waals surface area contributed by atoms with E-state index in [9.17, 15) is 9.59 Å². The SMILES string of the molecule is Cc1cc(COc2ccc(CC3(C(=O)N(C)C)CC3C(=O)NO)cc2)c2ccccc2n1. The van der Waals surface area contributed by atoms with Crippen LogP contribution in [0.4, 0.5) is 0 Å². The maximum Gasteiger partial charge on any atom is 0.247 e. The Balaban J connectivity index is 1.47. The Morgan fingerprint density at radius 3 is 2.59 bits per heavy atom. The molecule has 1 aromatic heterocycles.